The number of benzene rings is 2. The lowest BCUT2D eigenvalue weighted by Crippen LogP contribution is -2.47. The molecule has 0 unspecified atom stereocenters. The largest absolute Gasteiger partial charge is 0.351 e. The third-order valence-corrected chi connectivity index (χ3v) is 5.97. The Morgan fingerprint density at radius 2 is 1.70 bits per heavy atom. The fourth-order valence-corrected chi connectivity index (χ4v) is 4.14. The highest BCUT2D eigenvalue weighted by Gasteiger charge is 2.33. The smallest absolute Gasteiger partial charge is 0.247 e. The summed E-state index contributed by atoms with van der Waals surface area (Å²) in [5, 5.41) is 3.13. The van der Waals surface area contributed by atoms with E-state index in [2.05, 4.69) is 12.2 Å². The van der Waals surface area contributed by atoms with E-state index in [1.54, 1.807) is 12.1 Å². The SMILES string of the molecule is CC1CCC(NC(=O)[C@@H](c2ccc(F)cc2)N(Cc2ccccc2)C(=O)CCl)CC1. The maximum absolute atomic E-state index is 13.5. The van der Waals surface area contributed by atoms with Crippen molar-refractivity contribution in [3.05, 3.63) is 71.5 Å². The summed E-state index contributed by atoms with van der Waals surface area (Å²) in [6.07, 6.45) is 3.98. The van der Waals surface area contributed by atoms with Crippen molar-refractivity contribution in [2.45, 2.75) is 51.2 Å². The Morgan fingerprint density at radius 3 is 2.30 bits per heavy atom. The van der Waals surface area contributed by atoms with Gasteiger partial charge < -0.3 is 10.2 Å². The van der Waals surface area contributed by atoms with Crippen molar-refractivity contribution in [3.63, 3.8) is 0 Å². The van der Waals surface area contributed by atoms with E-state index in [-0.39, 0.29) is 30.3 Å². The number of rotatable bonds is 7. The Labute approximate surface area is 182 Å². The standard InChI is InChI=1S/C24H28ClFN2O2/c1-17-7-13-21(14-8-17)27-24(30)23(19-9-11-20(26)12-10-19)28(22(29)15-25)16-18-5-3-2-4-6-18/h2-6,9-12,17,21,23H,7-8,13-16H2,1H3,(H,27,30)/t17?,21?,23-/m1/s1. The summed E-state index contributed by atoms with van der Waals surface area (Å²) >= 11 is 5.90. The molecule has 0 bridgehead atoms. The predicted octanol–water partition coefficient (Wildman–Crippen LogP) is 4.83. The number of carbonyl (C=O) groups is 2. The Kier molecular flexibility index (Phi) is 7.86. The third-order valence-electron chi connectivity index (χ3n) is 5.74. The Bertz CT molecular complexity index is 836. The molecule has 1 atom stereocenters. The van der Waals surface area contributed by atoms with Crippen LogP contribution >= 0.6 is 11.6 Å². The summed E-state index contributed by atoms with van der Waals surface area (Å²) < 4.78 is 13.5. The molecular formula is C24H28ClFN2O2. The number of alkyl halides is 1. The highest BCUT2D eigenvalue weighted by atomic mass is 35.5. The van der Waals surface area contributed by atoms with Crippen molar-refractivity contribution in [3.8, 4) is 0 Å². The molecular weight excluding hydrogens is 403 g/mol. The van der Waals surface area contributed by atoms with Crippen LogP contribution in [0, 0.1) is 11.7 Å². The molecule has 0 heterocycles. The van der Waals surface area contributed by atoms with Crippen LogP contribution in [-0.4, -0.2) is 28.6 Å². The second-order valence-electron chi connectivity index (χ2n) is 8.06. The summed E-state index contributed by atoms with van der Waals surface area (Å²) in [6, 6.07) is 14.4. The van der Waals surface area contributed by atoms with Gasteiger partial charge in [0.1, 0.15) is 17.7 Å². The summed E-state index contributed by atoms with van der Waals surface area (Å²) in [7, 11) is 0. The van der Waals surface area contributed by atoms with Crippen LogP contribution in [-0.2, 0) is 16.1 Å². The number of nitrogens with zero attached hydrogens (tertiary/aromatic N) is 1. The topological polar surface area (TPSA) is 49.4 Å². The van der Waals surface area contributed by atoms with Gasteiger partial charge in [-0.1, -0.05) is 49.4 Å². The molecule has 3 rings (SSSR count). The summed E-state index contributed by atoms with van der Waals surface area (Å²) in [5.41, 5.74) is 1.45. The molecule has 4 nitrogen and oxygen atoms in total. The number of halogens is 2. The fraction of sp³-hybridized carbons (Fsp3) is 0.417. The van der Waals surface area contributed by atoms with Crippen molar-refractivity contribution in [2.75, 3.05) is 5.88 Å². The first-order valence-electron chi connectivity index (χ1n) is 10.4. The van der Waals surface area contributed by atoms with E-state index in [1.165, 1.54) is 17.0 Å². The number of hydrogen-bond donors (Lipinski definition) is 1. The summed E-state index contributed by atoms with van der Waals surface area (Å²) in [4.78, 5) is 27.6. The van der Waals surface area contributed by atoms with Gasteiger partial charge in [-0.05, 0) is 54.9 Å². The first kappa shape index (κ1) is 22.3. The molecule has 1 saturated carbocycles. The quantitative estimate of drug-likeness (QED) is 0.639. The van der Waals surface area contributed by atoms with Crippen LogP contribution in [0.5, 0.6) is 0 Å². The average molecular weight is 431 g/mol. The molecule has 0 radical (unpaired) electrons. The molecule has 2 aromatic carbocycles. The zero-order valence-electron chi connectivity index (χ0n) is 17.2. The fourth-order valence-electron chi connectivity index (χ4n) is 3.98. The third kappa shape index (κ3) is 5.82. The van der Waals surface area contributed by atoms with Gasteiger partial charge in [0.15, 0.2) is 0 Å². The van der Waals surface area contributed by atoms with Gasteiger partial charge in [0.2, 0.25) is 11.8 Å². The molecule has 2 amide bonds. The van der Waals surface area contributed by atoms with Crippen molar-refractivity contribution in [2.24, 2.45) is 5.92 Å². The maximum atomic E-state index is 13.5. The molecule has 160 valence electrons. The highest BCUT2D eigenvalue weighted by Crippen LogP contribution is 2.27. The molecule has 1 aliphatic rings. The average Bonchev–Trinajstić information content (AvgIpc) is 2.76. The Hall–Kier alpha value is -2.40. The second kappa shape index (κ2) is 10.6. The van der Waals surface area contributed by atoms with Crippen LogP contribution in [0.25, 0.3) is 0 Å². The minimum atomic E-state index is -0.878. The molecule has 1 fully saturated rings. The minimum absolute atomic E-state index is 0.0846. The number of carbonyl (C=O) groups excluding carboxylic acids is 2. The first-order chi connectivity index (χ1) is 14.5. The molecule has 0 aliphatic heterocycles. The van der Waals surface area contributed by atoms with Gasteiger partial charge in [-0.3, -0.25) is 9.59 Å². The second-order valence-corrected chi connectivity index (χ2v) is 8.33. The van der Waals surface area contributed by atoms with Gasteiger partial charge in [-0.2, -0.15) is 0 Å². The number of hydrogen-bond acceptors (Lipinski definition) is 2. The molecule has 1 N–H and O–H groups in total. The van der Waals surface area contributed by atoms with Crippen LogP contribution in [0.3, 0.4) is 0 Å². The zero-order chi connectivity index (χ0) is 21.5. The van der Waals surface area contributed by atoms with Gasteiger partial charge >= 0.3 is 0 Å². The number of nitrogens with one attached hydrogen (secondary N) is 1. The molecule has 6 heteroatoms. The van der Waals surface area contributed by atoms with Crippen LogP contribution < -0.4 is 5.32 Å². The van der Waals surface area contributed by atoms with E-state index >= 15 is 0 Å². The van der Waals surface area contributed by atoms with Crippen LogP contribution in [0.2, 0.25) is 0 Å². The Balaban J connectivity index is 1.90. The molecule has 0 saturated heterocycles. The van der Waals surface area contributed by atoms with Crippen molar-refractivity contribution < 1.29 is 14.0 Å². The molecule has 0 spiro atoms. The zero-order valence-corrected chi connectivity index (χ0v) is 17.9. The molecule has 2 aromatic rings. The monoisotopic (exact) mass is 430 g/mol. The molecule has 0 aromatic heterocycles. The first-order valence-corrected chi connectivity index (χ1v) is 11.0. The maximum Gasteiger partial charge on any atom is 0.247 e. The van der Waals surface area contributed by atoms with Crippen LogP contribution in [0.4, 0.5) is 4.39 Å². The van der Waals surface area contributed by atoms with Gasteiger partial charge in [-0.15, -0.1) is 11.6 Å². The van der Waals surface area contributed by atoms with E-state index in [4.69, 9.17) is 11.6 Å². The van der Waals surface area contributed by atoms with E-state index in [0.717, 1.165) is 31.2 Å². The predicted molar refractivity (Wildman–Crippen MR) is 116 cm³/mol. The van der Waals surface area contributed by atoms with Crippen molar-refractivity contribution >= 4 is 23.4 Å². The van der Waals surface area contributed by atoms with Gasteiger partial charge in [0.25, 0.3) is 0 Å². The van der Waals surface area contributed by atoms with E-state index in [0.29, 0.717) is 11.5 Å². The Morgan fingerprint density at radius 1 is 1.07 bits per heavy atom. The van der Waals surface area contributed by atoms with Crippen molar-refractivity contribution in [1.82, 2.24) is 10.2 Å². The summed E-state index contributed by atoms with van der Waals surface area (Å²) in [6.45, 7) is 2.46. The van der Waals surface area contributed by atoms with Gasteiger partial charge in [0.05, 0.1) is 0 Å². The summed E-state index contributed by atoms with van der Waals surface area (Å²) in [5.74, 6) is -0.563. The van der Waals surface area contributed by atoms with Crippen LogP contribution in [0.1, 0.15) is 49.8 Å². The number of amides is 2. The molecule has 30 heavy (non-hydrogen) atoms. The van der Waals surface area contributed by atoms with Crippen molar-refractivity contribution in [1.29, 1.82) is 0 Å². The lowest BCUT2D eigenvalue weighted by atomic mass is 9.87. The lowest BCUT2D eigenvalue weighted by Gasteiger charge is -2.34. The van der Waals surface area contributed by atoms with Crippen LogP contribution in [0.15, 0.2) is 54.6 Å². The highest BCUT2D eigenvalue weighted by molar-refractivity contribution is 6.27. The van der Waals surface area contributed by atoms with Gasteiger partial charge in [-0.25, -0.2) is 4.39 Å². The van der Waals surface area contributed by atoms with E-state index < -0.39 is 11.9 Å². The van der Waals surface area contributed by atoms with E-state index in [9.17, 15) is 14.0 Å². The van der Waals surface area contributed by atoms with Gasteiger partial charge in [0, 0.05) is 12.6 Å². The molecule has 1 aliphatic carbocycles. The normalized spacial score (nSPS) is 19.7. The minimum Gasteiger partial charge on any atom is -0.351 e. The lowest BCUT2D eigenvalue weighted by molar-refractivity contribution is -0.140. The van der Waals surface area contributed by atoms with E-state index in [1.807, 2.05) is 30.3 Å².